The molecule has 2 unspecified atom stereocenters. The van der Waals surface area contributed by atoms with E-state index < -0.39 is 11.9 Å². The number of carbonyl (C=O) groups is 2. The van der Waals surface area contributed by atoms with E-state index in [-0.39, 0.29) is 24.2 Å². The van der Waals surface area contributed by atoms with Gasteiger partial charge in [0.15, 0.2) is 11.6 Å². The molecule has 0 aromatic heterocycles. The van der Waals surface area contributed by atoms with Crippen LogP contribution in [0, 0.1) is 5.82 Å². The number of hydrogen-bond acceptors (Lipinski definition) is 6. The Hall–Kier alpha value is -3.45. The number of aldehydes is 1. The lowest BCUT2D eigenvalue weighted by atomic mass is 10.1. The van der Waals surface area contributed by atoms with Crippen molar-refractivity contribution >= 4 is 12.3 Å². The quantitative estimate of drug-likeness (QED) is 0.130. The molecule has 37 heavy (non-hydrogen) atoms. The molecular formula is C30H35FO6. The molecule has 1 fully saturated rings. The van der Waals surface area contributed by atoms with Crippen LogP contribution in [0.15, 0.2) is 66.8 Å². The number of hydrogen-bond donors (Lipinski definition) is 1. The van der Waals surface area contributed by atoms with Gasteiger partial charge in [0.05, 0.1) is 19.3 Å². The Morgan fingerprint density at radius 3 is 2.46 bits per heavy atom. The molecule has 0 saturated carbocycles. The van der Waals surface area contributed by atoms with Gasteiger partial charge in [0.25, 0.3) is 0 Å². The number of rotatable bonds is 16. The van der Waals surface area contributed by atoms with Crippen LogP contribution in [-0.4, -0.2) is 42.8 Å². The first kappa shape index (κ1) is 28.1. The summed E-state index contributed by atoms with van der Waals surface area (Å²) in [6.07, 6.45) is 5.33. The van der Waals surface area contributed by atoms with Gasteiger partial charge >= 0.3 is 5.97 Å². The number of aliphatic hydroxyl groups is 1. The molecule has 0 bridgehead atoms. The van der Waals surface area contributed by atoms with Crippen LogP contribution in [0.5, 0.6) is 11.5 Å². The average molecular weight is 511 g/mol. The SMILES string of the molecule is C=C(C=O)CC(O)CCCCOc1ccc(-c2ccc(OCCCCC3CC(=C)C(=O)O3)cc2)cc1F. The Bertz CT molecular complexity index is 1060. The van der Waals surface area contributed by atoms with Gasteiger partial charge in [-0.1, -0.05) is 31.4 Å². The summed E-state index contributed by atoms with van der Waals surface area (Å²) in [5, 5.41) is 9.84. The van der Waals surface area contributed by atoms with Gasteiger partial charge in [-0.05, 0) is 79.5 Å². The Morgan fingerprint density at radius 1 is 1.08 bits per heavy atom. The second-order valence-electron chi connectivity index (χ2n) is 9.33. The van der Waals surface area contributed by atoms with Crippen molar-refractivity contribution in [3.05, 3.63) is 72.6 Å². The van der Waals surface area contributed by atoms with Crippen LogP contribution in [0.1, 0.15) is 51.4 Å². The number of cyclic esters (lactones) is 1. The summed E-state index contributed by atoms with van der Waals surface area (Å²) in [4.78, 5) is 21.9. The summed E-state index contributed by atoms with van der Waals surface area (Å²) in [6, 6.07) is 12.4. The van der Waals surface area contributed by atoms with Crippen molar-refractivity contribution in [1.29, 1.82) is 0 Å². The smallest absolute Gasteiger partial charge is 0.333 e. The molecule has 198 valence electrons. The van der Waals surface area contributed by atoms with Gasteiger partial charge in [-0.25, -0.2) is 9.18 Å². The first-order valence-electron chi connectivity index (χ1n) is 12.7. The first-order valence-corrected chi connectivity index (χ1v) is 12.7. The zero-order valence-corrected chi connectivity index (χ0v) is 21.1. The predicted octanol–water partition coefficient (Wildman–Crippen LogP) is 5.97. The summed E-state index contributed by atoms with van der Waals surface area (Å²) < 4.78 is 31.1. The molecule has 3 rings (SSSR count). The number of aliphatic hydroxyl groups excluding tert-OH is 1. The highest BCUT2D eigenvalue weighted by Gasteiger charge is 2.26. The van der Waals surface area contributed by atoms with Crippen molar-refractivity contribution in [2.45, 2.75) is 63.6 Å². The Kier molecular flexibility index (Phi) is 10.9. The molecule has 0 radical (unpaired) electrons. The highest BCUT2D eigenvalue weighted by atomic mass is 19.1. The molecule has 7 heteroatoms. The molecule has 0 amide bonds. The van der Waals surface area contributed by atoms with E-state index in [0.717, 1.165) is 36.1 Å². The minimum atomic E-state index is -0.600. The Labute approximate surface area is 217 Å². The minimum Gasteiger partial charge on any atom is -0.494 e. The van der Waals surface area contributed by atoms with Crippen molar-refractivity contribution < 1.29 is 33.3 Å². The monoisotopic (exact) mass is 510 g/mol. The van der Waals surface area contributed by atoms with Crippen LogP contribution in [0.4, 0.5) is 4.39 Å². The molecule has 0 spiro atoms. The fraction of sp³-hybridized carbons (Fsp3) is 0.400. The lowest BCUT2D eigenvalue weighted by Gasteiger charge is -2.12. The molecular weight excluding hydrogens is 475 g/mol. The number of unbranched alkanes of at least 4 members (excludes halogenated alkanes) is 2. The van der Waals surface area contributed by atoms with Crippen LogP contribution >= 0.6 is 0 Å². The van der Waals surface area contributed by atoms with E-state index >= 15 is 0 Å². The number of ether oxygens (including phenoxy) is 3. The topological polar surface area (TPSA) is 82.1 Å². The third-order valence-electron chi connectivity index (χ3n) is 6.20. The molecule has 1 aliphatic heterocycles. The summed E-state index contributed by atoms with van der Waals surface area (Å²) >= 11 is 0. The molecule has 0 aliphatic carbocycles. The Balaban J connectivity index is 1.36. The van der Waals surface area contributed by atoms with E-state index in [1.54, 1.807) is 6.07 Å². The van der Waals surface area contributed by atoms with Crippen molar-refractivity contribution in [2.75, 3.05) is 13.2 Å². The van der Waals surface area contributed by atoms with E-state index in [2.05, 4.69) is 13.2 Å². The van der Waals surface area contributed by atoms with Crippen molar-refractivity contribution in [2.24, 2.45) is 0 Å². The fourth-order valence-electron chi connectivity index (χ4n) is 4.12. The molecule has 1 N–H and O–H groups in total. The largest absolute Gasteiger partial charge is 0.494 e. The van der Waals surface area contributed by atoms with E-state index in [0.29, 0.717) is 56.3 Å². The van der Waals surface area contributed by atoms with Crippen molar-refractivity contribution in [3.8, 4) is 22.6 Å². The van der Waals surface area contributed by atoms with Crippen LogP contribution in [0.2, 0.25) is 0 Å². The molecule has 1 saturated heterocycles. The number of benzene rings is 2. The van der Waals surface area contributed by atoms with Crippen LogP contribution in [0.3, 0.4) is 0 Å². The lowest BCUT2D eigenvalue weighted by Crippen LogP contribution is -2.09. The summed E-state index contributed by atoms with van der Waals surface area (Å²) in [7, 11) is 0. The molecule has 1 aliphatic rings. The van der Waals surface area contributed by atoms with Gasteiger partial charge in [-0.2, -0.15) is 0 Å². The van der Waals surface area contributed by atoms with Crippen molar-refractivity contribution in [3.63, 3.8) is 0 Å². The van der Waals surface area contributed by atoms with Crippen LogP contribution in [-0.2, 0) is 14.3 Å². The van der Waals surface area contributed by atoms with E-state index in [9.17, 15) is 19.1 Å². The van der Waals surface area contributed by atoms with Gasteiger partial charge in [0, 0.05) is 18.4 Å². The normalized spacial score (nSPS) is 15.8. The van der Waals surface area contributed by atoms with Gasteiger partial charge < -0.3 is 19.3 Å². The number of carbonyl (C=O) groups excluding carboxylic acids is 2. The van der Waals surface area contributed by atoms with Gasteiger partial charge in [-0.15, -0.1) is 0 Å². The minimum absolute atomic E-state index is 0.0587. The maximum atomic E-state index is 14.6. The number of halogens is 1. The van der Waals surface area contributed by atoms with E-state index in [1.165, 1.54) is 6.07 Å². The Morgan fingerprint density at radius 2 is 1.78 bits per heavy atom. The molecule has 6 nitrogen and oxygen atoms in total. The van der Waals surface area contributed by atoms with E-state index in [4.69, 9.17) is 14.2 Å². The second kappa shape index (κ2) is 14.3. The molecule has 2 atom stereocenters. The zero-order valence-electron chi connectivity index (χ0n) is 21.1. The van der Waals surface area contributed by atoms with Gasteiger partial charge in [0.1, 0.15) is 18.1 Å². The van der Waals surface area contributed by atoms with Gasteiger partial charge in [0.2, 0.25) is 0 Å². The third-order valence-corrected chi connectivity index (χ3v) is 6.20. The first-order chi connectivity index (χ1) is 17.9. The van der Waals surface area contributed by atoms with E-state index in [1.807, 2.05) is 30.3 Å². The molecule has 1 heterocycles. The van der Waals surface area contributed by atoms with Crippen LogP contribution in [0.25, 0.3) is 11.1 Å². The maximum absolute atomic E-state index is 14.6. The molecule has 2 aromatic carbocycles. The number of esters is 1. The molecule has 2 aromatic rings. The lowest BCUT2D eigenvalue weighted by molar-refractivity contribution is -0.139. The summed E-state index contributed by atoms with van der Waals surface area (Å²) in [6.45, 7) is 8.16. The summed E-state index contributed by atoms with van der Waals surface area (Å²) in [5.74, 6) is 0.212. The fourth-order valence-corrected chi connectivity index (χ4v) is 4.12. The highest BCUT2D eigenvalue weighted by Crippen LogP contribution is 2.28. The standard InChI is InChI=1S/C30H35FO6/c1-21(20-32)17-25(33)7-3-5-16-36-29-14-11-24(19-28(29)31)23-9-12-26(13-10-23)35-15-6-4-8-27-18-22(2)30(34)37-27/h9-14,19-20,25,27,33H,1-8,15-18H2. The second-order valence-corrected chi connectivity index (χ2v) is 9.33. The third kappa shape index (κ3) is 9.17. The summed E-state index contributed by atoms with van der Waals surface area (Å²) in [5.41, 5.74) is 2.53. The highest BCUT2D eigenvalue weighted by molar-refractivity contribution is 5.89. The van der Waals surface area contributed by atoms with Crippen LogP contribution < -0.4 is 9.47 Å². The van der Waals surface area contributed by atoms with Gasteiger partial charge in [-0.3, -0.25) is 4.79 Å². The average Bonchev–Trinajstić information content (AvgIpc) is 3.21. The zero-order chi connectivity index (χ0) is 26.6. The maximum Gasteiger partial charge on any atom is 0.333 e. The van der Waals surface area contributed by atoms with Crippen molar-refractivity contribution in [1.82, 2.24) is 0 Å². The predicted molar refractivity (Wildman–Crippen MR) is 140 cm³/mol.